The van der Waals surface area contributed by atoms with Crippen LogP contribution >= 0.6 is 11.3 Å². The van der Waals surface area contributed by atoms with Crippen LogP contribution in [0.1, 0.15) is 21.1 Å². The number of anilines is 1. The second-order valence-corrected chi connectivity index (χ2v) is 5.70. The van der Waals surface area contributed by atoms with Crippen molar-refractivity contribution >= 4 is 23.1 Å². The number of carbonyl (C=O) groups is 1. The molecule has 0 fully saturated rings. The number of aryl methyl sites for hydroxylation is 1. The second kappa shape index (κ2) is 6.07. The van der Waals surface area contributed by atoms with Gasteiger partial charge in [0.25, 0.3) is 5.91 Å². The fourth-order valence-electron chi connectivity index (χ4n) is 1.98. The van der Waals surface area contributed by atoms with Crippen LogP contribution in [-0.2, 0) is 13.5 Å². The summed E-state index contributed by atoms with van der Waals surface area (Å²) in [5.41, 5.74) is 1.16. The van der Waals surface area contributed by atoms with Gasteiger partial charge in [-0.3, -0.25) is 9.48 Å². The molecule has 0 bridgehead atoms. The van der Waals surface area contributed by atoms with Crippen molar-refractivity contribution in [2.24, 2.45) is 7.05 Å². The van der Waals surface area contributed by atoms with Crippen LogP contribution < -0.4 is 5.32 Å². The summed E-state index contributed by atoms with van der Waals surface area (Å²) in [6.45, 7) is 0. The monoisotopic (exact) mass is 316 g/mol. The molecule has 1 aromatic carbocycles. The molecule has 0 aliphatic carbocycles. The molecule has 2 heterocycles. The summed E-state index contributed by atoms with van der Waals surface area (Å²) >= 11 is 1.37. The normalized spacial score (nSPS) is 10.6. The molecule has 0 saturated heterocycles. The van der Waals surface area contributed by atoms with Crippen molar-refractivity contribution in [3.8, 4) is 0 Å². The van der Waals surface area contributed by atoms with Crippen LogP contribution in [-0.4, -0.2) is 20.7 Å². The maximum atomic E-state index is 13.2. The number of amides is 1. The highest BCUT2D eigenvalue weighted by Gasteiger charge is 2.12. The highest BCUT2D eigenvalue weighted by molar-refractivity contribution is 7.09. The van der Waals surface area contributed by atoms with Crippen LogP contribution in [0.2, 0.25) is 0 Å². The van der Waals surface area contributed by atoms with Crippen molar-refractivity contribution in [1.82, 2.24) is 14.8 Å². The topological polar surface area (TPSA) is 59.8 Å². The molecule has 3 rings (SSSR count). The van der Waals surface area contributed by atoms with Crippen molar-refractivity contribution in [2.75, 3.05) is 5.32 Å². The molecule has 0 atom stereocenters. The molecular weight excluding hydrogens is 303 g/mol. The van der Waals surface area contributed by atoms with E-state index < -0.39 is 0 Å². The predicted octanol–water partition coefficient (Wildman–Crippen LogP) is 2.86. The lowest BCUT2D eigenvalue weighted by Gasteiger charge is -1.99. The van der Waals surface area contributed by atoms with Crippen LogP contribution in [0.5, 0.6) is 0 Å². The Kier molecular flexibility index (Phi) is 3.97. The van der Waals surface area contributed by atoms with Crippen molar-refractivity contribution in [1.29, 1.82) is 0 Å². The third kappa shape index (κ3) is 3.37. The van der Waals surface area contributed by atoms with Gasteiger partial charge >= 0.3 is 0 Å². The molecule has 0 unspecified atom stereocenters. The number of aromatic nitrogens is 3. The quantitative estimate of drug-likeness (QED) is 0.805. The fraction of sp³-hybridized carbons (Fsp3) is 0.133. The summed E-state index contributed by atoms with van der Waals surface area (Å²) in [4.78, 5) is 16.4. The number of carbonyl (C=O) groups excluding carboxylic acids is 1. The number of hydrogen-bond acceptors (Lipinski definition) is 4. The minimum Gasteiger partial charge on any atom is -0.304 e. The third-order valence-corrected chi connectivity index (χ3v) is 3.83. The first-order valence-electron chi connectivity index (χ1n) is 6.60. The van der Waals surface area contributed by atoms with Crippen LogP contribution in [0.15, 0.2) is 41.9 Å². The maximum Gasteiger partial charge on any atom is 0.276 e. The van der Waals surface area contributed by atoms with Gasteiger partial charge in [0, 0.05) is 31.1 Å². The van der Waals surface area contributed by atoms with Gasteiger partial charge in [-0.1, -0.05) is 12.1 Å². The van der Waals surface area contributed by atoms with E-state index in [0.29, 0.717) is 17.9 Å². The summed E-state index contributed by atoms with van der Waals surface area (Å²) in [6.07, 6.45) is 2.24. The van der Waals surface area contributed by atoms with Gasteiger partial charge in [0.2, 0.25) is 0 Å². The van der Waals surface area contributed by atoms with E-state index in [0.717, 1.165) is 10.6 Å². The van der Waals surface area contributed by atoms with E-state index in [1.807, 2.05) is 6.07 Å². The van der Waals surface area contributed by atoms with Gasteiger partial charge < -0.3 is 5.32 Å². The fourth-order valence-corrected chi connectivity index (χ4v) is 2.79. The Morgan fingerprint density at radius 1 is 1.41 bits per heavy atom. The molecule has 5 nitrogen and oxygen atoms in total. The Morgan fingerprint density at radius 3 is 3.00 bits per heavy atom. The highest BCUT2D eigenvalue weighted by atomic mass is 32.1. The van der Waals surface area contributed by atoms with Gasteiger partial charge in [-0.15, -0.1) is 11.3 Å². The molecule has 1 amide bonds. The van der Waals surface area contributed by atoms with E-state index in [1.165, 1.54) is 23.5 Å². The minimum atomic E-state index is -0.305. The van der Waals surface area contributed by atoms with Crippen LogP contribution in [0.3, 0.4) is 0 Å². The van der Waals surface area contributed by atoms with Gasteiger partial charge in [-0.05, 0) is 17.7 Å². The zero-order valence-corrected chi connectivity index (χ0v) is 12.6. The number of nitrogens with one attached hydrogen (secondary N) is 1. The Balaban J connectivity index is 1.69. The van der Waals surface area contributed by atoms with E-state index in [-0.39, 0.29) is 11.7 Å². The summed E-state index contributed by atoms with van der Waals surface area (Å²) in [6, 6.07) is 8.06. The molecule has 2 aromatic heterocycles. The van der Waals surface area contributed by atoms with Crippen molar-refractivity contribution in [3.05, 3.63) is 64.0 Å². The Hall–Kier alpha value is -2.54. The Bertz CT molecular complexity index is 811. The van der Waals surface area contributed by atoms with E-state index in [4.69, 9.17) is 0 Å². The smallest absolute Gasteiger partial charge is 0.276 e. The lowest BCUT2D eigenvalue weighted by Crippen LogP contribution is -2.13. The SMILES string of the molecule is Cn1ccc(NC(=O)c2csc(Cc3cccc(F)c3)n2)n1. The van der Waals surface area contributed by atoms with Gasteiger partial charge in [0.15, 0.2) is 5.82 Å². The van der Waals surface area contributed by atoms with Crippen LogP contribution in [0, 0.1) is 5.82 Å². The molecule has 112 valence electrons. The second-order valence-electron chi connectivity index (χ2n) is 4.76. The molecule has 0 radical (unpaired) electrons. The molecule has 7 heteroatoms. The Morgan fingerprint density at radius 2 is 2.27 bits per heavy atom. The first-order valence-corrected chi connectivity index (χ1v) is 7.48. The van der Waals surface area contributed by atoms with E-state index in [9.17, 15) is 9.18 Å². The summed E-state index contributed by atoms with van der Waals surface area (Å²) in [7, 11) is 1.77. The highest BCUT2D eigenvalue weighted by Crippen LogP contribution is 2.16. The summed E-state index contributed by atoms with van der Waals surface area (Å²) < 4.78 is 14.8. The number of halogens is 1. The van der Waals surface area contributed by atoms with Crippen LogP contribution in [0.25, 0.3) is 0 Å². The number of nitrogens with zero attached hydrogens (tertiary/aromatic N) is 3. The van der Waals surface area contributed by atoms with Crippen molar-refractivity contribution < 1.29 is 9.18 Å². The molecule has 22 heavy (non-hydrogen) atoms. The maximum absolute atomic E-state index is 13.2. The third-order valence-electron chi connectivity index (χ3n) is 2.98. The van der Waals surface area contributed by atoms with E-state index >= 15 is 0 Å². The first kappa shape index (κ1) is 14.4. The average molecular weight is 316 g/mol. The van der Waals surface area contributed by atoms with E-state index in [1.54, 1.807) is 35.4 Å². The first-order chi connectivity index (χ1) is 10.6. The summed E-state index contributed by atoms with van der Waals surface area (Å²) in [5, 5.41) is 9.21. The van der Waals surface area contributed by atoms with Gasteiger partial charge in [0.05, 0.1) is 5.01 Å². The van der Waals surface area contributed by atoms with Crippen molar-refractivity contribution in [2.45, 2.75) is 6.42 Å². The zero-order valence-electron chi connectivity index (χ0n) is 11.8. The zero-order chi connectivity index (χ0) is 15.5. The van der Waals surface area contributed by atoms with Gasteiger partial charge in [0.1, 0.15) is 11.5 Å². The molecule has 3 aromatic rings. The van der Waals surface area contributed by atoms with Crippen molar-refractivity contribution in [3.63, 3.8) is 0 Å². The molecular formula is C15H13FN4OS. The standard InChI is InChI=1S/C15H13FN4OS/c1-20-6-5-13(19-20)18-15(21)12-9-22-14(17-12)8-10-3-2-4-11(16)7-10/h2-7,9H,8H2,1H3,(H,18,19,21). The number of thiazole rings is 1. The molecule has 0 spiro atoms. The lowest BCUT2D eigenvalue weighted by atomic mass is 10.1. The predicted molar refractivity (Wildman–Crippen MR) is 82.5 cm³/mol. The minimum absolute atomic E-state index is 0.276. The number of hydrogen-bond donors (Lipinski definition) is 1. The van der Waals surface area contributed by atoms with E-state index in [2.05, 4.69) is 15.4 Å². The molecule has 0 aliphatic rings. The number of benzene rings is 1. The average Bonchev–Trinajstić information content (AvgIpc) is 3.08. The Labute approximate surface area is 130 Å². The molecule has 0 aliphatic heterocycles. The lowest BCUT2D eigenvalue weighted by molar-refractivity contribution is 0.102. The summed E-state index contributed by atoms with van der Waals surface area (Å²) in [5.74, 6) is -0.102. The van der Waals surface area contributed by atoms with Crippen LogP contribution in [0.4, 0.5) is 10.2 Å². The molecule has 0 saturated carbocycles. The van der Waals surface area contributed by atoms with Gasteiger partial charge in [-0.25, -0.2) is 9.37 Å². The number of rotatable bonds is 4. The van der Waals surface area contributed by atoms with Gasteiger partial charge in [-0.2, -0.15) is 5.10 Å². The molecule has 1 N–H and O–H groups in total. The largest absolute Gasteiger partial charge is 0.304 e.